The van der Waals surface area contributed by atoms with Gasteiger partial charge in [0.1, 0.15) is 0 Å². The fourth-order valence-corrected chi connectivity index (χ4v) is 5.62. The molecule has 2 aromatic carbocycles. The molecule has 0 aliphatic carbocycles. The third-order valence-electron chi connectivity index (χ3n) is 5.22. The highest BCUT2D eigenvalue weighted by Crippen LogP contribution is 2.32. The number of likely N-dealkylation sites (tertiary alicyclic amines) is 1. The highest BCUT2D eigenvalue weighted by molar-refractivity contribution is 8.01. The first-order valence-corrected chi connectivity index (χ1v) is 11.4. The first-order chi connectivity index (χ1) is 14.1. The number of piperidine rings is 1. The molecule has 8 heteroatoms. The van der Waals surface area contributed by atoms with Crippen LogP contribution in [0.25, 0.3) is 10.2 Å². The van der Waals surface area contributed by atoms with Crippen molar-refractivity contribution in [1.29, 1.82) is 0 Å². The number of nitrogens with zero attached hydrogens (tertiary/aromatic N) is 3. The van der Waals surface area contributed by atoms with E-state index < -0.39 is 4.92 Å². The van der Waals surface area contributed by atoms with E-state index >= 15 is 0 Å². The monoisotopic (exact) mass is 427 g/mol. The molecular formula is C21H21N3O3S2. The van der Waals surface area contributed by atoms with Crippen LogP contribution in [0.1, 0.15) is 18.4 Å². The standard InChI is InChI=1S/C21H21N3O3S2/c25-20(23-10-8-16(9-11-23)12-15-4-2-1-3-5-15)14-28-21-22-18-7-6-17(24(26)27)13-19(18)29-21/h1-7,13,16H,8-12,14H2. The summed E-state index contributed by atoms with van der Waals surface area (Å²) < 4.78 is 1.55. The molecule has 0 bridgehead atoms. The van der Waals surface area contributed by atoms with Crippen molar-refractivity contribution in [2.45, 2.75) is 23.6 Å². The van der Waals surface area contributed by atoms with Gasteiger partial charge in [0.05, 0.1) is 20.9 Å². The van der Waals surface area contributed by atoms with Crippen LogP contribution in [0.5, 0.6) is 0 Å². The minimum atomic E-state index is -0.406. The van der Waals surface area contributed by atoms with Gasteiger partial charge in [-0.2, -0.15) is 0 Å². The summed E-state index contributed by atoms with van der Waals surface area (Å²) in [5.74, 6) is 1.12. The molecule has 1 aliphatic rings. The van der Waals surface area contributed by atoms with Gasteiger partial charge in [-0.1, -0.05) is 42.1 Å². The molecule has 1 aromatic heterocycles. The number of carbonyl (C=O) groups is 1. The number of rotatable bonds is 6. The number of fused-ring (bicyclic) bond motifs is 1. The highest BCUT2D eigenvalue weighted by atomic mass is 32.2. The number of carbonyl (C=O) groups excluding carboxylic acids is 1. The first kappa shape index (κ1) is 19.8. The molecule has 0 unspecified atom stereocenters. The number of hydrogen-bond donors (Lipinski definition) is 0. The minimum absolute atomic E-state index is 0.0622. The van der Waals surface area contributed by atoms with Gasteiger partial charge >= 0.3 is 0 Å². The van der Waals surface area contributed by atoms with Crippen LogP contribution in [0.2, 0.25) is 0 Å². The van der Waals surface area contributed by atoms with Gasteiger partial charge in [-0.3, -0.25) is 14.9 Å². The molecule has 0 spiro atoms. The fourth-order valence-electron chi connectivity index (χ4n) is 3.62. The number of aromatic nitrogens is 1. The number of nitro benzene ring substituents is 1. The van der Waals surface area contributed by atoms with Gasteiger partial charge in [0, 0.05) is 25.2 Å². The number of nitro groups is 1. The van der Waals surface area contributed by atoms with Crippen molar-refractivity contribution in [3.05, 3.63) is 64.2 Å². The second-order valence-electron chi connectivity index (χ2n) is 7.19. The van der Waals surface area contributed by atoms with Gasteiger partial charge < -0.3 is 4.90 Å². The third-order valence-corrected chi connectivity index (χ3v) is 7.36. The van der Waals surface area contributed by atoms with Crippen molar-refractivity contribution in [2.75, 3.05) is 18.8 Å². The molecule has 3 aromatic rings. The first-order valence-electron chi connectivity index (χ1n) is 9.58. The van der Waals surface area contributed by atoms with Crippen molar-refractivity contribution in [3.8, 4) is 0 Å². The lowest BCUT2D eigenvalue weighted by atomic mass is 9.90. The van der Waals surface area contributed by atoms with Gasteiger partial charge in [-0.05, 0) is 36.8 Å². The van der Waals surface area contributed by atoms with Crippen molar-refractivity contribution in [2.24, 2.45) is 5.92 Å². The van der Waals surface area contributed by atoms with E-state index in [9.17, 15) is 14.9 Å². The Kier molecular flexibility index (Phi) is 6.10. The number of non-ortho nitro benzene ring substituents is 1. The van der Waals surface area contributed by atoms with Gasteiger partial charge in [0.15, 0.2) is 4.34 Å². The van der Waals surface area contributed by atoms with Gasteiger partial charge in [0.25, 0.3) is 5.69 Å². The number of amides is 1. The van der Waals surface area contributed by atoms with Crippen LogP contribution in [0.15, 0.2) is 52.9 Å². The van der Waals surface area contributed by atoms with Crippen LogP contribution in [-0.2, 0) is 11.2 Å². The fraction of sp³-hybridized carbons (Fsp3) is 0.333. The maximum atomic E-state index is 12.6. The summed E-state index contributed by atoms with van der Waals surface area (Å²) in [6, 6.07) is 15.2. The summed E-state index contributed by atoms with van der Waals surface area (Å²) in [5.41, 5.74) is 2.16. The van der Waals surface area contributed by atoms with Crippen molar-refractivity contribution < 1.29 is 9.72 Å². The topological polar surface area (TPSA) is 76.3 Å². The van der Waals surface area contributed by atoms with Crippen molar-refractivity contribution in [1.82, 2.24) is 9.88 Å². The molecule has 1 saturated heterocycles. The van der Waals surface area contributed by atoms with Crippen LogP contribution in [0.3, 0.4) is 0 Å². The van der Waals surface area contributed by atoms with Crippen LogP contribution >= 0.6 is 23.1 Å². The highest BCUT2D eigenvalue weighted by Gasteiger charge is 2.23. The van der Waals surface area contributed by atoms with E-state index in [0.29, 0.717) is 11.7 Å². The number of thiazole rings is 1. The van der Waals surface area contributed by atoms with Crippen LogP contribution in [-0.4, -0.2) is 39.6 Å². The maximum Gasteiger partial charge on any atom is 0.270 e. The normalized spacial score (nSPS) is 15.0. The Balaban J connectivity index is 1.28. The van der Waals surface area contributed by atoms with Crippen molar-refractivity contribution in [3.63, 3.8) is 0 Å². The molecule has 1 fully saturated rings. The van der Waals surface area contributed by atoms with E-state index in [0.717, 1.165) is 46.9 Å². The molecule has 6 nitrogen and oxygen atoms in total. The quantitative estimate of drug-likeness (QED) is 0.321. The molecule has 1 aliphatic heterocycles. The molecular weight excluding hydrogens is 406 g/mol. The third kappa shape index (κ3) is 4.94. The largest absolute Gasteiger partial charge is 0.342 e. The Morgan fingerprint density at radius 3 is 2.69 bits per heavy atom. The van der Waals surface area contributed by atoms with Gasteiger partial charge in [-0.15, -0.1) is 11.3 Å². The lowest BCUT2D eigenvalue weighted by Gasteiger charge is -2.32. The zero-order valence-electron chi connectivity index (χ0n) is 15.8. The summed E-state index contributed by atoms with van der Waals surface area (Å²) >= 11 is 2.81. The minimum Gasteiger partial charge on any atom is -0.342 e. The Morgan fingerprint density at radius 1 is 1.21 bits per heavy atom. The Bertz CT molecular complexity index is 1010. The lowest BCUT2D eigenvalue weighted by Crippen LogP contribution is -2.39. The summed E-state index contributed by atoms with van der Waals surface area (Å²) in [5, 5.41) is 10.9. The predicted molar refractivity (Wildman–Crippen MR) is 116 cm³/mol. The zero-order chi connectivity index (χ0) is 20.2. The second kappa shape index (κ2) is 8.92. The van der Waals surface area contributed by atoms with Crippen LogP contribution in [0, 0.1) is 16.0 Å². The van der Waals surface area contributed by atoms with Gasteiger partial charge in [0.2, 0.25) is 5.91 Å². The van der Waals surface area contributed by atoms with E-state index in [1.807, 2.05) is 11.0 Å². The average molecular weight is 428 g/mol. The molecule has 0 N–H and O–H groups in total. The Labute approximate surface area is 177 Å². The van der Waals surface area contributed by atoms with Gasteiger partial charge in [-0.25, -0.2) is 4.98 Å². The summed E-state index contributed by atoms with van der Waals surface area (Å²) in [6.07, 6.45) is 3.15. The summed E-state index contributed by atoms with van der Waals surface area (Å²) in [4.78, 5) is 29.5. The van der Waals surface area contributed by atoms with E-state index in [1.165, 1.54) is 40.8 Å². The van der Waals surface area contributed by atoms with E-state index in [-0.39, 0.29) is 11.6 Å². The van der Waals surface area contributed by atoms with Crippen molar-refractivity contribution >= 4 is 44.9 Å². The summed E-state index contributed by atoms with van der Waals surface area (Å²) in [7, 11) is 0. The molecule has 0 atom stereocenters. The molecule has 150 valence electrons. The predicted octanol–water partition coefficient (Wildman–Crippen LogP) is 4.78. The Morgan fingerprint density at radius 2 is 1.97 bits per heavy atom. The number of hydrogen-bond acceptors (Lipinski definition) is 6. The average Bonchev–Trinajstić information content (AvgIpc) is 3.15. The van der Waals surface area contributed by atoms with E-state index in [4.69, 9.17) is 0 Å². The summed E-state index contributed by atoms with van der Waals surface area (Å²) in [6.45, 7) is 1.62. The van der Waals surface area contributed by atoms with E-state index in [2.05, 4.69) is 29.2 Å². The van der Waals surface area contributed by atoms with Crippen LogP contribution < -0.4 is 0 Å². The molecule has 29 heavy (non-hydrogen) atoms. The number of benzene rings is 2. The second-order valence-corrected chi connectivity index (χ2v) is 9.44. The van der Waals surface area contributed by atoms with Crippen LogP contribution in [0.4, 0.5) is 5.69 Å². The molecule has 1 amide bonds. The maximum absolute atomic E-state index is 12.6. The molecule has 4 rings (SSSR count). The smallest absolute Gasteiger partial charge is 0.270 e. The van der Waals surface area contributed by atoms with E-state index in [1.54, 1.807) is 6.07 Å². The molecule has 2 heterocycles. The number of thioether (sulfide) groups is 1. The Hall–Kier alpha value is -2.45. The lowest BCUT2D eigenvalue weighted by molar-refractivity contribution is -0.384. The SMILES string of the molecule is O=C(CSc1nc2ccc([N+](=O)[O-])cc2s1)N1CCC(Cc2ccccc2)CC1. The molecule has 0 radical (unpaired) electrons. The zero-order valence-corrected chi connectivity index (χ0v) is 17.5. The molecule has 0 saturated carbocycles.